The molecule has 3 N–H and O–H groups in total. The second kappa shape index (κ2) is 11.8. The van der Waals surface area contributed by atoms with Crippen molar-refractivity contribution in [3.05, 3.63) is 28.7 Å². The second-order valence-corrected chi connectivity index (χ2v) is 8.52. The molecule has 160 valence electrons. The Morgan fingerprint density at radius 1 is 0.966 bits per heavy atom. The van der Waals surface area contributed by atoms with Crippen LogP contribution in [0.4, 0.5) is 5.69 Å². The molecule has 0 radical (unpaired) electrons. The monoisotopic (exact) mass is 468 g/mol. The molecule has 1 aliphatic carbocycles. The lowest BCUT2D eigenvalue weighted by atomic mass is 10.00. The summed E-state index contributed by atoms with van der Waals surface area (Å²) in [5, 5.41) is 18.4. The van der Waals surface area contributed by atoms with E-state index in [0.717, 1.165) is 49.2 Å². The van der Waals surface area contributed by atoms with Gasteiger partial charge in [-0.25, -0.2) is 9.59 Å². The summed E-state index contributed by atoms with van der Waals surface area (Å²) in [5.74, 6) is -2.46. The summed E-state index contributed by atoms with van der Waals surface area (Å²) < 4.78 is 1.10. The fraction of sp³-hybridized carbons (Fsp3) is 0.571. The SMILES string of the molecule is O=C(CCC1CCCC1)N1CCC(Nc2ccc(Br)cc2)CC1.O=C(O)C(=O)O. The standard InChI is InChI=1S/C19H27BrN2O.C2H2O4/c20-16-6-8-17(9-7-16)21-18-11-13-22(14-12-18)19(23)10-5-15-3-1-2-4-15;3-1(4)2(5)6/h6-9,15,18,21H,1-5,10-14H2;(H,3,4)(H,5,6). The van der Waals surface area contributed by atoms with Gasteiger partial charge in [0.2, 0.25) is 5.91 Å². The van der Waals surface area contributed by atoms with E-state index in [1.54, 1.807) is 0 Å². The van der Waals surface area contributed by atoms with Crippen molar-refractivity contribution in [2.75, 3.05) is 18.4 Å². The Morgan fingerprint density at radius 3 is 2.03 bits per heavy atom. The van der Waals surface area contributed by atoms with Gasteiger partial charge in [0.1, 0.15) is 0 Å². The first-order valence-electron chi connectivity index (χ1n) is 10.1. The van der Waals surface area contributed by atoms with Crippen molar-refractivity contribution in [3.8, 4) is 0 Å². The first kappa shape index (κ1) is 23.2. The maximum atomic E-state index is 12.4. The highest BCUT2D eigenvalue weighted by molar-refractivity contribution is 9.10. The number of piperidine rings is 1. The van der Waals surface area contributed by atoms with Crippen molar-refractivity contribution in [2.45, 2.75) is 57.4 Å². The molecule has 0 spiro atoms. The number of rotatable bonds is 5. The lowest BCUT2D eigenvalue weighted by Gasteiger charge is -2.33. The molecule has 1 aromatic carbocycles. The van der Waals surface area contributed by atoms with Crippen LogP contribution in [-0.2, 0) is 14.4 Å². The molecule has 8 heteroatoms. The van der Waals surface area contributed by atoms with Crippen LogP contribution in [-0.4, -0.2) is 52.1 Å². The minimum absolute atomic E-state index is 0.374. The number of aliphatic carboxylic acids is 2. The van der Waals surface area contributed by atoms with Crippen LogP contribution in [0.1, 0.15) is 51.4 Å². The number of nitrogens with zero attached hydrogens (tertiary/aromatic N) is 1. The Morgan fingerprint density at radius 2 is 1.52 bits per heavy atom. The van der Waals surface area contributed by atoms with Crippen molar-refractivity contribution in [3.63, 3.8) is 0 Å². The van der Waals surface area contributed by atoms with E-state index in [1.807, 2.05) is 0 Å². The number of halogens is 1. The summed E-state index contributed by atoms with van der Waals surface area (Å²) in [5.41, 5.74) is 1.17. The van der Waals surface area contributed by atoms with E-state index in [1.165, 1.54) is 31.4 Å². The summed E-state index contributed by atoms with van der Waals surface area (Å²) in [6.45, 7) is 1.80. The number of hydrogen-bond donors (Lipinski definition) is 3. The van der Waals surface area contributed by atoms with E-state index in [0.29, 0.717) is 11.9 Å². The van der Waals surface area contributed by atoms with Gasteiger partial charge in [-0.15, -0.1) is 0 Å². The molecule has 7 nitrogen and oxygen atoms in total. The highest BCUT2D eigenvalue weighted by Gasteiger charge is 2.24. The van der Waals surface area contributed by atoms with E-state index in [4.69, 9.17) is 19.8 Å². The minimum atomic E-state index is -1.82. The number of likely N-dealkylation sites (tertiary alicyclic amines) is 1. The molecule has 1 saturated heterocycles. The molecule has 1 saturated carbocycles. The molecule has 1 aliphatic heterocycles. The van der Waals surface area contributed by atoms with Gasteiger partial charge >= 0.3 is 11.9 Å². The molecule has 2 fully saturated rings. The minimum Gasteiger partial charge on any atom is -0.473 e. The van der Waals surface area contributed by atoms with Gasteiger partial charge in [-0.1, -0.05) is 41.6 Å². The van der Waals surface area contributed by atoms with Gasteiger partial charge in [-0.2, -0.15) is 0 Å². The maximum absolute atomic E-state index is 12.4. The summed E-state index contributed by atoms with van der Waals surface area (Å²) in [7, 11) is 0. The van der Waals surface area contributed by atoms with Crippen molar-refractivity contribution in [2.24, 2.45) is 5.92 Å². The van der Waals surface area contributed by atoms with E-state index >= 15 is 0 Å². The van der Waals surface area contributed by atoms with E-state index < -0.39 is 11.9 Å². The summed E-state index contributed by atoms with van der Waals surface area (Å²) in [6, 6.07) is 8.80. The van der Waals surface area contributed by atoms with Crippen LogP contribution in [0.3, 0.4) is 0 Å². The van der Waals surface area contributed by atoms with Crippen LogP contribution < -0.4 is 5.32 Å². The van der Waals surface area contributed by atoms with Crippen LogP contribution in [0.5, 0.6) is 0 Å². The summed E-state index contributed by atoms with van der Waals surface area (Å²) >= 11 is 3.46. The third-order valence-corrected chi connectivity index (χ3v) is 6.02. The zero-order chi connectivity index (χ0) is 21.2. The fourth-order valence-electron chi connectivity index (χ4n) is 3.84. The molecule has 0 atom stereocenters. The lowest BCUT2D eigenvalue weighted by Crippen LogP contribution is -2.42. The number of carboxylic acid groups (broad SMARTS) is 2. The second-order valence-electron chi connectivity index (χ2n) is 7.61. The van der Waals surface area contributed by atoms with E-state index in [9.17, 15) is 4.79 Å². The normalized spacial score (nSPS) is 17.3. The van der Waals surface area contributed by atoms with Crippen LogP contribution >= 0.6 is 15.9 Å². The fourth-order valence-corrected chi connectivity index (χ4v) is 4.10. The van der Waals surface area contributed by atoms with Crippen LogP contribution in [0, 0.1) is 5.92 Å². The highest BCUT2D eigenvalue weighted by Crippen LogP contribution is 2.29. The third-order valence-electron chi connectivity index (χ3n) is 5.49. The number of benzene rings is 1. The molecule has 2 aliphatic rings. The molecule has 29 heavy (non-hydrogen) atoms. The number of carbonyl (C=O) groups is 3. The molecule has 0 aromatic heterocycles. The number of anilines is 1. The zero-order valence-corrected chi connectivity index (χ0v) is 18.1. The third kappa shape index (κ3) is 8.43. The molecule has 3 rings (SSSR count). The Bertz CT molecular complexity index is 669. The van der Waals surface area contributed by atoms with Crippen molar-refractivity contribution in [1.82, 2.24) is 4.90 Å². The van der Waals surface area contributed by atoms with Crippen molar-refractivity contribution in [1.29, 1.82) is 0 Å². The predicted molar refractivity (Wildman–Crippen MR) is 114 cm³/mol. The molecular weight excluding hydrogens is 440 g/mol. The Balaban J connectivity index is 0.000000438. The quantitative estimate of drug-likeness (QED) is 0.564. The number of carbonyl (C=O) groups excluding carboxylic acids is 1. The van der Waals surface area contributed by atoms with Gasteiger partial charge in [0, 0.05) is 35.7 Å². The number of hydrogen-bond acceptors (Lipinski definition) is 4. The van der Waals surface area contributed by atoms with Gasteiger partial charge in [0.05, 0.1) is 0 Å². The molecule has 1 heterocycles. The van der Waals surface area contributed by atoms with E-state index in [-0.39, 0.29) is 0 Å². The summed E-state index contributed by atoms with van der Waals surface area (Å²) in [6.07, 6.45) is 9.37. The topological polar surface area (TPSA) is 107 Å². The number of amides is 1. The van der Waals surface area contributed by atoms with Crippen molar-refractivity contribution >= 4 is 39.5 Å². The molecule has 0 bridgehead atoms. The molecule has 1 aromatic rings. The van der Waals surface area contributed by atoms with Gasteiger partial charge in [0.25, 0.3) is 0 Å². The van der Waals surface area contributed by atoms with Gasteiger partial charge in [0.15, 0.2) is 0 Å². The first-order valence-corrected chi connectivity index (χ1v) is 10.9. The maximum Gasteiger partial charge on any atom is 0.414 e. The Kier molecular flexibility index (Phi) is 9.44. The Labute approximate surface area is 179 Å². The average Bonchev–Trinajstić information content (AvgIpc) is 3.22. The average molecular weight is 469 g/mol. The smallest absolute Gasteiger partial charge is 0.414 e. The Hall–Kier alpha value is -2.09. The van der Waals surface area contributed by atoms with Crippen LogP contribution in [0.25, 0.3) is 0 Å². The van der Waals surface area contributed by atoms with Crippen LogP contribution in [0.2, 0.25) is 0 Å². The lowest BCUT2D eigenvalue weighted by molar-refractivity contribution is -0.159. The van der Waals surface area contributed by atoms with Crippen molar-refractivity contribution < 1.29 is 24.6 Å². The first-order chi connectivity index (χ1) is 13.8. The predicted octanol–water partition coefficient (Wildman–Crippen LogP) is 3.98. The van der Waals surface area contributed by atoms with Gasteiger partial charge < -0.3 is 20.4 Å². The zero-order valence-electron chi connectivity index (χ0n) is 16.5. The highest BCUT2D eigenvalue weighted by atomic mass is 79.9. The number of carboxylic acids is 2. The summed E-state index contributed by atoms with van der Waals surface area (Å²) in [4.78, 5) is 32.6. The number of nitrogens with one attached hydrogen (secondary N) is 1. The molecule has 1 amide bonds. The molecule has 0 unspecified atom stereocenters. The van der Waals surface area contributed by atoms with E-state index in [2.05, 4.69) is 50.4 Å². The largest absolute Gasteiger partial charge is 0.473 e. The van der Waals surface area contributed by atoms with Gasteiger partial charge in [-0.3, -0.25) is 4.79 Å². The molecular formula is C21H29BrN2O5. The van der Waals surface area contributed by atoms with Crippen LogP contribution in [0.15, 0.2) is 28.7 Å². The van der Waals surface area contributed by atoms with Gasteiger partial charge in [-0.05, 0) is 49.4 Å².